The third-order valence-electron chi connectivity index (χ3n) is 13.9. The predicted octanol–water partition coefficient (Wildman–Crippen LogP) is 6.48. The Kier molecular flexibility index (Phi) is 16.7. The molecule has 0 saturated carbocycles. The molecule has 0 spiro atoms. The van der Waals surface area contributed by atoms with Crippen molar-refractivity contribution >= 4 is 41.6 Å². The molecule has 3 amide bonds. The van der Waals surface area contributed by atoms with Crippen molar-refractivity contribution < 1.29 is 67.0 Å². The van der Waals surface area contributed by atoms with Gasteiger partial charge in [-0.3, -0.25) is 19.4 Å². The second-order valence-electron chi connectivity index (χ2n) is 18.9. The Balaban J connectivity index is 1.61. The molecule has 360 valence electrons. The Morgan fingerprint density at radius 2 is 1.73 bits per heavy atom. The lowest BCUT2D eigenvalue weighted by atomic mass is 9.73. The Morgan fingerprint density at radius 1 is 1.05 bits per heavy atom. The number of nitrogens with zero attached hydrogens (tertiary/aromatic N) is 3. The summed E-state index contributed by atoms with van der Waals surface area (Å²) in [6.45, 7) is 19.5. The maximum atomic E-state index is 14.9. The minimum Gasteiger partial charge on any atom is -0.492 e. The molecule has 4 aliphatic rings. The number of esters is 1. The number of hydrogen-bond donors (Lipinski definition) is 1. The highest BCUT2D eigenvalue weighted by molar-refractivity contribution is 6.30. The maximum absolute atomic E-state index is 14.9. The zero-order chi connectivity index (χ0) is 47.6. The number of imide groups is 1. The van der Waals surface area contributed by atoms with E-state index in [0.29, 0.717) is 17.2 Å². The van der Waals surface area contributed by atoms with Crippen molar-refractivity contribution in [1.29, 1.82) is 0 Å². The quantitative estimate of drug-likeness (QED) is 0.188. The third-order valence-corrected chi connectivity index (χ3v) is 14.2. The van der Waals surface area contributed by atoms with Crippen molar-refractivity contribution in [3.05, 3.63) is 29.3 Å². The van der Waals surface area contributed by atoms with E-state index < -0.39 is 102 Å². The molecule has 17 nitrogen and oxygen atoms in total. The highest BCUT2D eigenvalue weighted by Gasteiger charge is 2.61. The first-order valence-electron chi connectivity index (χ1n) is 22.5. The largest absolute Gasteiger partial charge is 0.492 e. The molecule has 1 aromatic rings. The summed E-state index contributed by atoms with van der Waals surface area (Å²) >= 11 is 6.18. The van der Waals surface area contributed by atoms with Crippen LogP contribution in [0.25, 0.3) is 0 Å². The second kappa shape index (κ2) is 20.8. The SMILES string of the molecule is CC[C@H]1OC(=O)[C@H](C)[C@@H](OC(=O)N2C(=O)OC[C@H]2C)[C@H](C)[C@@H](O[C@@H]2O[C@H](C)C[C@H](N(C)C(C)C)[C@H]2O)[C@@](C)(OC)C[C@@H](C)C(=O)[C@H](C)[C@H]2N(CCOc3cccc(Cl)c3)C(=O)O[C@]12C. The van der Waals surface area contributed by atoms with E-state index in [1.54, 1.807) is 79.7 Å². The molecule has 0 aromatic heterocycles. The topological polar surface area (TPSA) is 189 Å². The molecular formula is C46H70ClN3O14. The summed E-state index contributed by atoms with van der Waals surface area (Å²) in [5.74, 6) is -4.35. The minimum absolute atomic E-state index is 0.0200. The van der Waals surface area contributed by atoms with Crippen molar-refractivity contribution in [2.75, 3.05) is 33.9 Å². The van der Waals surface area contributed by atoms with Gasteiger partial charge in [-0.2, -0.15) is 0 Å². The third kappa shape index (κ3) is 10.6. The van der Waals surface area contributed by atoms with Crippen molar-refractivity contribution in [3.8, 4) is 5.75 Å². The first kappa shape index (κ1) is 51.2. The number of rotatable bonds is 11. The van der Waals surface area contributed by atoms with Gasteiger partial charge in [0, 0.05) is 42.0 Å². The van der Waals surface area contributed by atoms with E-state index in [2.05, 4.69) is 4.90 Å². The highest BCUT2D eigenvalue weighted by Crippen LogP contribution is 2.44. The molecule has 4 saturated heterocycles. The average Bonchev–Trinajstić information content (AvgIpc) is 3.72. The molecule has 0 bridgehead atoms. The normalized spacial score (nSPS) is 37.8. The van der Waals surface area contributed by atoms with Crippen LogP contribution in [0.1, 0.15) is 95.4 Å². The van der Waals surface area contributed by atoms with E-state index in [9.17, 15) is 29.1 Å². The van der Waals surface area contributed by atoms with E-state index in [1.165, 1.54) is 12.0 Å². The molecule has 1 N–H and O–H groups in total. The lowest BCUT2D eigenvalue weighted by molar-refractivity contribution is -0.302. The molecule has 0 radical (unpaired) electrons. The van der Waals surface area contributed by atoms with Crippen LogP contribution in [-0.4, -0.2) is 156 Å². The number of ketones is 1. The number of aliphatic hydroxyl groups is 1. The van der Waals surface area contributed by atoms with Gasteiger partial charge in [-0.05, 0) is 93.0 Å². The summed E-state index contributed by atoms with van der Waals surface area (Å²) in [5, 5.41) is 12.4. The highest BCUT2D eigenvalue weighted by atomic mass is 35.5. The number of Topliss-reactive ketones (excluding diaryl/α,β-unsaturated/α-hetero) is 1. The number of cyclic esters (lactones) is 2. The Hall–Kier alpha value is -3.74. The van der Waals surface area contributed by atoms with E-state index >= 15 is 0 Å². The van der Waals surface area contributed by atoms with E-state index in [-0.39, 0.29) is 56.6 Å². The van der Waals surface area contributed by atoms with Gasteiger partial charge in [-0.25, -0.2) is 19.3 Å². The van der Waals surface area contributed by atoms with Gasteiger partial charge in [0.1, 0.15) is 43.1 Å². The lowest BCUT2D eigenvalue weighted by Crippen LogP contribution is -2.61. The molecule has 4 aliphatic heterocycles. The molecule has 4 fully saturated rings. The van der Waals surface area contributed by atoms with Crippen LogP contribution in [0.4, 0.5) is 14.4 Å². The van der Waals surface area contributed by atoms with Crippen LogP contribution in [0.2, 0.25) is 5.02 Å². The molecule has 0 aliphatic carbocycles. The average molecular weight is 925 g/mol. The van der Waals surface area contributed by atoms with Gasteiger partial charge in [0.2, 0.25) is 0 Å². The molecule has 0 unspecified atom stereocenters. The van der Waals surface area contributed by atoms with Crippen LogP contribution in [0, 0.1) is 23.7 Å². The fraction of sp³-hybridized carbons (Fsp3) is 0.761. The molecule has 1 aromatic carbocycles. The van der Waals surface area contributed by atoms with E-state index in [4.69, 9.17) is 49.5 Å². The number of methoxy groups -OCH3 is 1. The van der Waals surface area contributed by atoms with Gasteiger partial charge in [0.15, 0.2) is 11.9 Å². The zero-order valence-electron chi connectivity index (χ0n) is 39.6. The molecule has 18 heteroatoms. The summed E-state index contributed by atoms with van der Waals surface area (Å²) in [6.07, 6.45) is -8.24. The number of amides is 3. The van der Waals surface area contributed by atoms with E-state index in [0.717, 1.165) is 4.90 Å². The number of likely N-dealkylation sites (N-methyl/N-ethyl adjacent to an activating group) is 1. The molecule has 4 heterocycles. The number of carbonyl (C=O) groups is 5. The van der Waals surface area contributed by atoms with Gasteiger partial charge in [-0.15, -0.1) is 0 Å². The van der Waals surface area contributed by atoms with Crippen molar-refractivity contribution in [1.82, 2.24) is 14.7 Å². The Bertz CT molecular complexity index is 1840. The molecule has 5 rings (SSSR count). The predicted molar refractivity (Wildman–Crippen MR) is 234 cm³/mol. The fourth-order valence-electron chi connectivity index (χ4n) is 10.1. The number of benzene rings is 1. The van der Waals surface area contributed by atoms with Gasteiger partial charge >= 0.3 is 24.2 Å². The molecular weight excluding hydrogens is 854 g/mol. The van der Waals surface area contributed by atoms with Crippen molar-refractivity contribution in [2.45, 2.75) is 168 Å². The molecule has 64 heavy (non-hydrogen) atoms. The summed E-state index contributed by atoms with van der Waals surface area (Å²) in [6, 6.07) is 4.94. The first-order chi connectivity index (χ1) is 30.0. The number of halogens is 1. The number of fused-ring (bicyclic) bond motifs is 1. The van der Waals surface area contributed by atoms with Crippen molar-refractivity contribution in [3.63, 3.8) is 0 Å². The summed E-state index contributed by atoms with van der Waals surface area (Å²) in [4.78, 5) is 74.7. The number of hydrogen-bond acceptors (Lipinski definition) is 15. The lowest BCUT2D eigenvalue weighted by Gasteiger charge is -2.49. The Morgan fingerprint density at radius 3 is 2.33 bits per heavy atom. The van der Waals surface area contributed by atoms with Crippen LogP contribution < -0.4 is 4.74 Å². The fourth-order valence-corrected chi connectivity index (χ4v) is 10.3. The van der Waals surface area contributed by atoms with Gasteiger partial charge in [0.25, 0.3) is 0 Å². The first-order valence-corrected chi connectivity index (χ1v) is 22.9. The van der Waals surface area contributed by atoms with Crippen LogP contribution in [0.15, 0.2) is 24.3 Å². The van der Waals surface area contributed by atoms with Crippen molar-refractivity contribution in [2.24, 2.45) is 23.7 Å². The number of ether oxygens (including phenoxy) is 8. The molecule has 15 atom stereocenters. The summed E-state index contributed by atoms with van der Waals surface area (Å²) in [5.41, 5.74) is -2.93. The Labute approximate surface area is 382 Å². The minimum atomic E-state index is -1.54. The van der Waals surface area contributed by atoms with Crippen LogP contribution in [-0.2, 0) is 42.7 Å². The summed E-state index contributed by atoms with van der Waals surface area (Å²) < 4.78 is 49.3. The number of carbonyl (C=O) groups excluding carboxylic acids is 5. The van der Waals surface area contributed by atoms with Gasteiger partial charge in [0.05, 0.1) is 42.4 Å². The zero-order valence-corrected chi connectivity index (χ0v) is 40.4. The van der Waals surface area contributed by atoms with Gasteiger partial charge in [-0.1, -0.05) is 45.4 Å². The van der Waals surface area contributed by atoms with Crippen LogP contribution in [0.3, 0.4) is 0 Å². The maximum Gasteiger partial charge on any atom is 0.419 e. The summed E-state index contributed by atoms with van der Waals surface area (Å²) in [7, 11) is 3.39. The van der Waals surface area contributed by atoms with Crippen LogP contribution >= 0.6 is 11.6 Å². The smallest absolute Gasteiger partial charge is 0.419 e. The second-order valence-corrected chi connectivity index (χ2v) is 19.3. The van der Waals surface area contributed by atoms with Crippen LogP contribution in [0.5, 0.6) is 5.75 Å². The standard InChI is InChI=1S/C46H70ClN3O14/c1-14-34-46(11)38(49(42(54)64-46)18-19-58-32-17-15-16-31(47)21-32)28(7)35(51)25(4)22-45(10,57-13)39(63-41-36(52)33(20-27(6)60-41)48(12)24(2)3)29(8)37(30(9)40(53)61-34)62-44(56)50-26(5)23-59-43(50)55/h15-17,21,24-30,33-34,36-39,41,52H,14,18-20,22-23H2,1-13H3/t25-,26-,27-,28+,29+,30-,33+,34-,36-,37+,38-,39-,41+,45+,46-/m1/s1. The number of aliphatic hydroxyl groups excluding tert-OH is 1. The van der Waals surface area contributed by atoms with Gasteiger partial charge < -0.3 is 43.0 Å². The monoisotopic (exact) mass is 923 g/mol. The van der Waals surface area contributed by atoms with E-state index in [1.807, 2.05) is 27.8 Å².